The summed E-state index contributed by atoms with van der Waals surface area (Å²) in [5.41, 5.74) is 0.945. The molecular weight excluding hydrogens is 307 g/mol. The largest absolute Gasteiger partial charge is 0.492 e. The second kappa shape index (κ2) is 8.45. The molecule has 5 heteroatoms. The molecule has 2 aromatic carbocycles. The van der Waals surface area contributed by atoms with E-state index in [1.807, 2.05) is 42.3 Å². The summed E-state index contributed by atoms with van der Waals surface area (Å²) >= 11 is 0. The lowest BCUT2D eigenvalue weighted by atomic mass is 10.0. The highest BCUT2D eigenvalue weighted by Crippen LogP contribution is 2.21. The molecule has 2 aromatic rings. The van der Waals surface area contributed by atoms with Crippen LogP contribution in [0.4, 0.5) is 4.39 Å². The van der Waals surface area contributed by atoms with Crippen molar-refractivity contribution in [3.8, 4) is 5.75 Å². The Balaban J connectivity index is 2.01. The summed E-state index contributed by atoms with van der Waals surface area (Å²) in [6, 6.07) is 15.2. The number of likely N-dealkylation sites (N-methyl/N-ethyl adjacent to an activating group) is 2. The molecule has 0 saturated heterocycles. The number of carbonyl (C=O) groups excluding carboxylic acids is 1. The molecule has 0 aliphatic carbocycles. The smallest absolute Gasteiger partial charge is 0.244 e. The Morgan fingerprint density at radius 1 is 1.04 bits per heavy atom. The van der Waals surface area contributed by atoms with Crippen LogP contribution in [0.3, 0.4) is 0 Å². The van der Waals surface area contributed by atoms with Crippen LogP contribution in [0.2, 0.25) is 0 Å². The number of nitrogens with zero attached hydrogens (tertiary/aromatic N) is 2. The molecule has 0 aliphatic rings. The predicted molar refractivity (Wildman–Crippen MR) is 92.4 cm³/mol. The first kappa shape index (κ1) is 17.9. The maximum Gasteiger partial charge on any atom is 0.244 e. The van der Waals surface area contributed by atoms with Crippen molar-refractivity contribution in [2.75, 3.05) is 34.3 Å². The summed E-state index contributed by atoms with van der Waals surface area (Å²) in [5.74, 6) is 0.339. The van der Waals surface area contributed by atoms with Gasteiger partial charge in [-0.3, -0.25) is 9.69 Å². The third-order valence-corrected chi connectivity index (χ3v) is 3.76. The Morgan fingerprint density at radius 3 is 2.25 bits per heavy atom. The maximum absolute atomic E-state index is 12.9. The van der Waals surface area contributed by atoms with Crippen molar-refractivity contribution in [1.82, 2.24) is 9.80 Å². The Hall–Kier alpha value is -2.40. The fraction of sp³-hybridized carbons (Fsp3) is 0.316. The van der Waals surface area contributed by atoms with Crippen LogP contribution in [0.15, 0.2) is 54.6 Å². The molecule has 0 spiro atoms. The molecule has 0 bridgehead atoms. The SMILES string of the molecule is CN(C)C(=O)[C@@H](c1ccccc1)N(C)CCOc1ccc(F)cc1. The number of hydrogen-bond donors (Lipinski definition) is 0. The standard InChI is InChI=1S/C19H23FN2O2/c1-21(2)19(23)18(15-7-5-4-6-8-15)22(3)13-14-24-17-11-9-16(20)10-12-17/h4-12,18H,13-14H2,1-3H3/t18-/m1/s1. The average Bonchev–Trinajstić information content (AvgIpc) is 2.57. The number of rotatable bonds is 7. The van der Waals surface area contributed by atoms with Crippen LogP contribution >= 0.6 is 0 Å². The molecule has 0 aliphatic heterocycles. The quantitative estimate of drug-likeness (QED) is 0.782. The zero-order valence-electron chi connectivity index (χ0n) is 14.3. The van der Waals surface area contributed by atoms with Gasteiger partial charge < -0.3 is 9.64 Å². The molecule has 4 nitrogen and oxygen atoms in total. The van der Waals surface area contributed by atoms with E-state index in [9.17, 15) is 9.18 Å². The first-order valence-corrected chi connectivity index (χ1v) is 7.83. The molecule has 0 heterocycles. The normalized spacial score (nSPS) is 12.0. The molecular formula is C19H23FN2O2. The van der Waals surface area contributed by atoms with Gasteiger partial charge in [0.2, 0.25) is 5.91 Å². The predicted octanol–water partition coefficient (Wildman–Crippen LogP) is 2.97. The first-order chi connectivity index (χ1) is 11.5. The monoisotopic (exact) mass is 330 g/mol. The summed E-state index contributed by atoms with van der Waals surface area (Å²) in [6.07, 6.45) is 0. The first-order valence-electron chi connectivity index (χ1n) is 7.83. The summed E-state index contributed by atoms with van der Waals surface area (Å²) in [4.78, 5) is 16.1. The Bertz CT molecular complexity index is 644. The van der Waals surface area contributed by atoms with E-state index in [1.54, 1.807) is 31.1 Å². The van der Waals surface area contributed by atoms with Gasteiger partial charge in [-0.15, -0.1) is 0 Å². The van der Waals surface area contributed by atoms with Gasteiger partial charge in [-0.25, -0.2) is 4.39 Å². The summed E-state index contributed by atoms with van der Waals surface area (Å²) < 4.78 is 18.5. The van der Waals surface area contributed by atoms with Gasteiger partial charge in [0.15, 0.2) is 0 Å². The van der Waals surface area contributed by atoms with Crippen molar-refractivity contribution in [3.05, 3.63) is 66.0 Å². The Labute approximate surface area is 142 Å². The van der Waals surface area contributed by atoms with Gasteiger partial charge in [0, 0.05) is 20.6 Å². The van der Waals surface area contributed by atoms with Crippen LogP contribution in [0.5, 0.6) is 5.75 Å². The summed E-state index contributed by atoms with van der Waals surface area (Å²) in [5, 5.41) is 0. The topological polar surface area (TPSA) is 32.8 Å². The van der Waals surface area contributed by atoms with E-state index in [0.29, 0.717) is 18.9 Å². The van der Waals surface area contributed by atoms with E-state index in [-0.39, 0.29) is 17.8 Å². The summed E-state index contributed by atoms with van der Waals surface area (Å²) in [6.45, 7) is 0.975. The molecule has 0 radical (unpaired) electrons. The number of carbonyl (C=O) groups is 1. The van der Waals surface area contributed by atoms with Crippen molar-refractivity contribution >= 4 is 5.91 Å². The van der Waals surface area contributed by atoms with Gasteiger partial charge in [0.1, 0.15) is 24.2 Å². The number of amides is 1. The lowest BCUT2D eigenvalue weighted by molar-refractivity contribution is -0.134. The second-order valence-electron chi connectivity index (χ2n) is 5.83. The highest BCUT2D eigenvalue weighted by Gasteiger charge is 2.26. The second-order valence-corrected chi connectivity index (χ2v) is 5.83. The third kappa shape index (κ3) is 4.80. The Kier molecular flexibility index (Phi) is 6.32. The minimum atomic E-state index is -0.363. The van der Waals surface area contributed by atoms with Gasteiger partial charge in [-0.1, -0.05) is 30.3 Å². The highest BCUT2D eigenvalue weighted by molar-refractivity contribution is 5.82. The van der Waals surface area contributed by atoms with Crippen LogP contribution in [0.25, 0.3) is 0 Å². The minimum Gasteiger partial charge on any atom is -0.492 e. The molecule has 0 saturated carbocycles. The fourth-order valence-corrected chi connectivity index (χ4v) is 2.43. The Morgan fingerprint density at radius 2 is 1.67 bits per heavy atom. The van der Waals surface area contributed by atoms with Crippen LogP contribution in [-0.2, 0) is 4.79 Å². The zero-order valence-corrected chi connectivity index (χ0v) is 14.3. The molecule has 2 rings (SSSR count). The van der Waals surface area contributed by atoms with Gasteiger partial charge in [0.25, 0.3) is 0 Å². The van der Waals surface area contributed by atoms with E-state index in [2.05, 4.69) is 0 Å². The molecule has 1 atom stereocenters. The fourth-order valence-electron chi connectivity index (χ4n) is 2.43. The van der Waals surface area contributed by atoms with Gasteiger partial charge in [-0.2, -0.15) is 0 Å². The number of ether oxygens (including phenoxy) is 1. The number of halogens is 1. The zero-order chi connectivity index (χ0) is 17.5. The van der Waals surface area contributed by atoms with Crippen LogP contribution in [0, 0.1) is 5.82 Å². The molecule has 128 valence electrons. The molecule has 1 amide bonds. The van der Waals surface area contributed by atoms with Gasteiger partial charge in [0.05, 0.1) is 0 Å². The van der Waals surface area contributed by atoms with Gasteiger partial charge >= 0.3 is 0 Å². The molecule has 24 heavy (non-hydrogen) atoms. The van der Waals surface area contributed by atoms with E-state index in [1.165, 1.54) is 12.1 Å². The van der Waals surface area contributed by atoms with Crippen LogP contribution < -0.4 is 4.74 Å². The van der Waals surface area contributed by atoms with Gasteiger partial charge in [-0.05, 0) is 36.9 Å². The molecule has 0 unspecified atom stereocenters. The molecule has 0 N–H and O–H groups in total. The minimum absolute atomic E-state index is 0.0190. The lowest BCUT2D eigenvalue weighted by Gasteiger charge is -2.29. The van der Waals surface area contributed by atoms with E-state index < -0.39 is 0 Å². The van der Waals surface area contributed by atoms with E-state index in [0.717, 1.165) is 5.56 Å². The highest BCUT2D eigenvalue weighted by atomic mass is 19.1. The lowest BCUT2D eigenvalue weighted by Crippen LogP contribution is -2.39. The van der Waals surface area contributed by atoms with Crippen LogP contribution in [0.1, 0.15) is 11.6 Å². The van der Waals surface area contributed by atoms with Crippen LogP contribution in [-0.4, -0.2) is 50.0 Å². The molecule has 0 fully saturated rings. The van der Waals surface area contributed by atoms with E-state index in [4.69, 9.17) is 4.74 Å². The van der Waals surface area contributed by atoms with Crippen molar-refractivity contribution in [2.24, 2.45) is 0 Å². The van der Waals surface area contributed by atoms with E-state index >= 15 is 0 Å². The average molecular weight is 330 g/mol. The third-order valence-electron chi connectivity index (χ3n) is 3.76. The van der Waals surface area contributed by atoms with Crippen molar-refractivity contribution in [2.45, 2.75) is 6.04 Å². The number of benzene rings is 2. The summed E-state index contributed by atoms with van der Waals surface area (Å²) in [7, 11) is 5.40. The number of hydrogen-bond acceptors (Lipinski definition) is 3. The van der Waals surface area contributed by atoms with Crippen molar-refractivity contribution in [1.29, 1.82) is 0 Å². The maximum atomic E-state index is 12.9. The molecule has 0 aromatic heterocycles. The van der Waals surface area contributed by atoms with Crippen molar-refractivity contribution in [3.63, 3.8) is 0 Å². The van der Waals surface area contributed by atoms with Crippen molar-refractivity contribution < 1.29 is 13.9 Å².